The minimum Gasteiger partial charge on any atom is -0.491 e. The van der Waals surface area contributed by atoms with E-state index in [1.807, 2.05) is 30.3 Å². The molecule has 0 saturated heterocycles. The fourth-order valence-corrected chi connectivity index (χ4v) is 4.42. The van der Waals surface area contributed by atoms with Crippen LogP contribution in [0.5, 0.6) is 5.75 Å². The van der Waals surface area contributed by atoms with Crippen molar-refractivity contribution in [3.05, 3.63) is 66.4 Å². The Labute approximate surface area is 182 Å². The summed E-state index contributed by atoms with van der Waals surface area (Å²) in [6, 6.07) is 15.5. The molecule has 0 radical (unpaired) electrons. The Hall–Kier alpha value is -2.97. The average molecular weight is 442 g/mol. The number of aromatic nitrogens is 1. The number of nitrogens with one attached hydrogen (secondary N) is 2. The van der Waals surface area contributed by atoms with Gasteiger partial charge in [-0.3, -0.25) is 9.78 Å². The third-order valence-electron chi connectivity index (χ3n) is 4.33. The molecule has 0 aliphatic heterocycles. The highest BCUT2D eigenvalue weighted by Crippen LogP contribution is 2.22. The summed E-state index contributed by atoms with van der Waals surface area (Å²) in [6.07, 6.45) is 2.35. The Balaban J connectivity index is 1.49. The number of fused-ring (bicyclic) bond motifs is 1. The van der Waals surface area contributed by atoms with E-state index in [1.165, 1.54) is 24.3 Å². The van der Waals surface area contributed by atoms with Crippen molar-refractivity contribution < 1.29 is 17.9 Å². The number of pyridine rings is 1. The number of sulfonamides is 1. The van der Waals surface area contributed by atoms with E-state index in [2.05, 4.69) is 15.0 Å². The first-order valence-corrected chi connectivity index (χ1v) is 11.5. The average Bonchev–Trinajstić information content (AvgIpc) is 2.72. The van der Waals surface area contributed by atoms with Gasteiger partial charge in [0.2, 0.25) is 10.0 Å². The number of para-hydroxylation sites is 1. The molecule has 0 aliphatic rings. The number of rotatable bonds is 8. The maximum atomic E-state index is 12.3. The quantitative estimate of drug-likeness (QED) is 0.522. The van der Waals surface area contributed by atoms with Crippen LogP contribution in [0.2, 0.25) is 0 Å². The van der Waals surface area contributed by atoms with E-state index in [1.54, 1.807) is 27.0 Å². The molecule has 0 aliphatic carbocycles. The van der Waals surface area contributed by atoms with Crippen LogP contribution in [0.25, 0.3) is 10.9 Å². The van der Waals surface area contributed by atoms with Gasteiger partial charge < -0.3 is 10.1 Å². The molecule has 1 amide bonds. The number of amides is 1. The molecule has 2 N–H and O–H groups in total. The van der Waals surface area contributed by atoms with Gasteiger partial charge in [-0.2, -0.15) is 0 Å². The molecule has 3 rings (SSSR count). The summed E-state index contributed by atoms with van der Waals surface area (Å²) in [5.41, 5.74) is 0.623. The van der Waals surface area contributed by atoms with Gasteiger partial charge >= 0.3 is 0 Å². The molecule has 2 aromatic carbocycles. The maximum absolute atomic E-state index is 12.3. The van der Waals surface area contributed by atoms with Crippen LogP contribution < -0.4 is 14.8 Å². The van der Waals surface area contributed by atoms with E-state index in [9.17, 15) is 13.2 Å². The van der Waals surface area contributed by atoms with Crippen molar-refractivity contribution in [1.82, 2.24) is 15.0 Å². The van der Waals surface area contributed by atoms with Crippen LogP contribution in [0.4, 0.5) is 0 Å². The third-order valence-corrected chi connectivity index (χ3v) is 6.10. The Morgan fingerprint density at radius 1 is 1.03 bits per heavy atom. The second-order valence-electron chi connectivity index (χ2n) is 8.17. The first-order chi connectivity index (χ1) is 14.7. The zero-order chi connectivity index (χ0) is 22.5. The lowest BCUT2D eigenvalue weighted by molar-refractivity contribution is 0.0951. The van der Waals surface area contributed by atoms with Gasteiger partial charge in [-0.25, -0.2) is 13.1 Å². The fraction of sp³-hybridized carbons (Fsp3) is 0.304. The van der Waals surface area contributed by atoms with Crippen LogP contribution in [0, 0.1) is 0 Å². The molecule has 31 heavy (non-hydrogen) atoms. The predicted molar refractivity (Wildman–Crippen MR) is 121 cm³/mol. The number of hydrogen-bond donors (Lipinski definition) is 2. The molecule has 1 heterocycles. The summed E-state index contributed by atoms with van der Waals surface area (Å²) in [5, 5.41) is 3.83. The summed E-state index contributed by atoms with van der Waals surface area (Å²) in [6.45, 7) is 6.18. The van der Waals surface area contributed by atoms with E-state index >= 15 is 0 Å². The van der Waals surface area contributed by atoms with Gasteiger partial charge in [0.05, 0.1) is 11.5 Å². The summed E-state index contributed by atoms with van der Waals surface area (Å²) in [7, 11) is -3.63. The van der Waals surface area contributed by atoms with E-state index in [-0.39, 0.29) is 10.8 Å². The van der Waals surface area contributed by atoms with Gasteiger partial charge in [0, 0.05) is 29.2 Å². The lowest BCUT2D eigenvalue weighted by Gasteiger charge is -2.20. The maximum Gasteiger partial charge on any atom is 0.251 e. The fourth-order valence-electron chi connectivity index (χ4n) is 3.00. The smallest absolute Gasteiger partial charge is 0.251 e. The highest BCUT2D eigenvalue weighted by molar-refractivity contribution is 7.89. The molecule has 164 valence electrons. The highest BCUT2D eigenvalue weighted by Gasteiger charge is 2.22. The molecule has 8 heteroatoms. The SMILES string of the molecule is CC(C)(C)NS(=O)(=O)c1ccc(C(=O)NCCCOc2cccc3cccnc23)cc1. The number of carbonyl (C=O) groups excluding carboxylic acids is 1. The molecular formula is C23H27N3O4S. The minimum atomic E-state index is -3.63. The van der Waals surface area contributed by atoms with Crippen molar-refractivity contribution >= 4 is 26.8 Å². The molecular weight excluding hydrogens is 414 g/mol. The zero-order valence-electron chi connectivity index (χ0n) is 17.9. The molecule has 0 saturated carbocycles. The Bertz CT molecular complexity index is 1150. The van der Waals surface area contributed by atoms with Crippen LogP contribution in [-0.4, -0.2) is 38.0 Å². The monoisotopic (exact) mass is 441 g/mol. The Morgan fingerprint density at radius 2 is 1.74 bits per heavy atom. The summed E-state index contributed by atoms with van der Waals surface area (Å²) >= 11 is 0. The highest BCUT2D eigenvalue weighted by atomic mass is 32.2. The van der Waals surface area contributed by atoms with Gasteiger partial charge in [-0.15, -0.1) is 0 Å². The number of hydrogen-bond acceptors (Lipinski definition) is 5. The molecule has 0 atom stereocenters. The first kappa shape index (κ1) is 22.7. The molecule has 0 fully saturated rings. The first-order valence-electron chi connectivity index (χ1n) is 10.0. The number of ether oxygens (including phenoxy) is 1. The molecule has 0 bridgehead atoms. The summed E-state index contributed by atoms with van der Waals surface area (Å²) < 4.78 is 33.1. The largest absolute Gasteiger partial charge is 0.491 e. The molecule has 3 aromatic rings. The number of nitrogens with zero attached hydrogens (tertiary/aromatic N) is 1. The van der Waals surface area contributed by atoms with Gasteiger partial charge in [0.1, 0.15) is 11.3 Å². The van der Waals surface area contributed by atoms with Crippen LogP contribution in [0.1, 0.15) is 37.6 Å². The standard InChI is InChI=1S/C23H27N3O4S/c1-23(2,3)26-31(28,29)19-12-10-18(11-13-19)22(27)25-15-6-16-30-20-9-4-7-17-8-5-14-24-21(17)20/h4-5,7-14,26H,6,15-16H2,1-3H3,(H,25,27). The van der Waals surface area contributed by atoms with Crippen molar-refractivity contribution in [2.24, 2.45) is 0 Å². The molecule has 7 nitrogen and oxygen atoms in total. The van der Waals surface area contributed by atoms with Crippen LogP contribution >= 0.6 is 0 Å². The Morgan fingerprint density at radius 3 is 2.45 bits per heavy atom. The lowest BCUT2D eigenvalue weighted by Crippen LogP contribution is -2.40. The van der Waals surface area contributed by atoms with Gasteiger partial charge in [-0.1, -0.05) is 18.2 Å². The van der Waals surface area contributed by atoms with Crippen molar-refractivity contribution in [3.8, 4) is 5.75 Å². The molecule has 0 spiro atoms. The van der Waals surface area contributed by atoms with E-state index in [0.29, 0.717) is 30.9 Å². The van der Waals surface area contributed by atoms with Gasteiger partial charge in [-0.05, 0) is 63.6 Å². The second-order valence-corrected chi connectivity index (χ2v) is 9.85. The van der Waals surface area contributed by atoms with Gasteiger partial charge in [0.15, 0.2) is 0 Å². The summed E-state index contributed by atoms with van der Waals surface area (Å²) in [4.78, 5) is 16.8. The topological polar surface area (TPSA) is 97.4 Å². The lowest BCUT2D eigenvalue weighted by atomic mass is 10.1. The van der Waals surface area contributed by atoms with Crippen molar-refractivity contribution in [1.29, 1.82) is 0 Å². The Kier molecular flexibility index (Phi) is 6.92. The second kappa shape index (κ2) is 9.45. The minimum absolute atomic E-state index is 0.121. The third kappa shape index (κ3) is 6.26. The zero-order valence-corrected chi connectivity index (χ0v) is 18.7. The molecule has 1 aromatic heterocycles. The van der Waals surface area contributed by atoms with Crippen molar-refractivity contribution in [3.63, 3.8) is 0 Å². The van der Waals surface area contributed by atoms with E-state index < -0.39 is 15.6 Å². The predicted octanol–water partition coefficient (Wildman–Crippen LogP) is 3.51. The summed E-state index contributed by atoms with van der Waals surface area (Å²) in [5.74, 6) is 0.449. The van der Waals surface area contributed by atoms with Gasteiger partial charge in [0.25, 0.3) is 5.91 Å². The van der Waals surface area contributed by atoms with Crippen molar-refractivity contribution in [2.75, 3.05) is 13.2 Å². The van der Waals surface area contributed by atoms with Crippen LogP contribution in [0.15, 0.2) is 65.7 Å². The van der Waals surface area contributed by atoms with Crippen LogP contribution in [-0.2, 0) is 10.0 Å². The number of carbonyl (C=O) groups is 1. The van der Waals surface area contributed by atoms with E-state index in [4.69, 9.17) is 4.74 Å². The normalized spacial score (nSPS) is 12.0. The van der Waals surface area contributed by atoms with E-state index in [0.717, 1.165) is 10.9 Å². The van der Waals surface area contributed by atoms with Crippen LogP contribution in [0.3, 0.4) is 0 Å². The van der Waals surface area contributed by atoms with Crippen molar-refractivity contribution in [2.45, 2.75) is 37.6 Å². The molecule has 0 unspecified atom stereocenters. The number of benzene rings is 2.